The van der Waals surface area contributed by atoms with Crippen molar-refractivity contribution >= 4 is 23.2 Å². The van der Waals surface area contributed by atoms with Gasteiger partial charge in [0.1, 0.15) is 12.7 Å². The number of aromatic nitrogens is 4. The summed E-state index contributed by atoms with van der Waals surface area (Å²) in [5.41, 5.74) is 0.361. The lowest BCUT2D eigenvalue weighted by molar-refractivity contribution is -0.384. The number of benzene rings is 1. The first-order chi connectivity index (χ1) is 12.5. The van der Waals surface area contributed by atoms with Crippen LogP contribution in [0.3, 0.4) is 0 Å². The van der Waals surface area contributed by atoms with E-state index < -0.39 is 10.9 Å². The van der Waals surface area contributed by atoms with Crippen molar-refractivity contribution in [1.82, 2.24) is 19.5 Å². The van der Waals surface area contributed by atoms with E-state index in [0.717, 1.165) is 0 Å². The molecular weight excluding hydrogens is 340 g/mol. The second kappa shape index (κ2) is 6.97. The fourth-order valence-corrected chi connectivity index (χ4v) is 2.51. The number of nitrogens with zero attached hydrogens (tertiary/aromatic N) is 6. The second-order valence-corrected chi connectivity index (χ2v) is 5.16. The van der Waals surface area contributed by atoms with Gasteiger partial charge in [-0.3, -0.25) is 14.7 Å². The van der Waals surface area contributed by atoms with Gasteiger partial charge in [0.2, 0.25) is 11.6 Å². The van der Waals surface area contributed by atoms with Crippen LogP contribution in [0.5, 0.6) is 0 Å². The molecule has 2 heterocycles. The third-order valence-corrected chi connectivity index (χ3v) is 3.70. The first-order valence-corrected chi connectivity index (χ1v) is 7.43. The van der Waals surface area contributed by atoms with Crippen LogP contribution in [-0.4, -0.2) is 44.6 Å². The molecule has 0 aliphatic rings. The summed E-state index contributed by atoms with van der Waals surface area (Å²) >= 11 is 0. The van der Waals surface area contributed by atoms with E-state index in [0.29, 0.717) is 5.69 Å². The number of carbonyl (C=O) groups is 1. The van der Waals surface area contributed by atoms with Crippen molar-refractivity contribution in [2.24, 2.45) is 0 Å². The number of nitro groups is 1. The van der Waals surface area contributed by atoms with E-state index in [2.05, 4.69) is 15.0 Å². The molecule has 2 aromatic heterocycles. The smallest absolute Gasteiger partial charge is 0.354 e. The largest absolute Gasteiger partial charge is 0.465 e. The van der Waals surface area contributed by atoms with Gasteiger partial charge in [0.15, 0.2) is 0 Å². The lowest BCUT2D eigenvalue weighted by Gasteiger charge is -2.21. The fourth-order valence-electron chi connectivity index (χ4n) is 2.51. The van der Waals surface area contributed by atoms with Gasteiger partial charge < -0.3 is 9.64 Å². The molecule has 0 radical (unpaired) electrons. The Balaban J connectivity index is 2.18. The summed E-state index contributed by atoms with van der Waals surface area (Å²) in [4.78, 5) is 36.6. The molecule has 0 amide bonds. The Labute approximate surface area is 147 Å². The average Bonchev–Trinajstić information content (AvgIpc) is 3.20. The second-order valence-electron chi connectivity index (χ2n) is 5.16. The zero-order valence-corrected chi connectivity index (χ0v) is 13.9. The standard InChI is InChI=1S/C16H14N6O4/c1-20(12-6-4-3-5-11(12)16(23)26-2)14-13(22(24)25)15(19-9-18-14)21-8-7-17-10-21/h3-10H,1-2H3. The molecule has 132 valence electrons. The summed E-state index contributed by atoms with van der Waals surface area (Å²) in [5.74, 6) is -0.455. The Bertz CT molecular complexity index is 957. The first kappa shape index (κ1) is 17.0. The Hall–Kier alpha value is -3.82. The molecule has 0 spiro atoms. The number of hydrogen-bond acceptors (Lipinski definition) is 8. The molecule has 0 fully saturated rings. The van der Waals surface area contributed by atoms with Crippen LogP contribution in [0.4, 0.5) is 17.2 Å². The highest BCUT2D eigenvalue weighted by atomic mass is 16.6. The van der Waals surface area contributed by atoms with Gasteiger partial charge in [-0.2, -0.15) is 0 Å². The number of hydrogen-bond donors (Lipinski definition) is 0. The van der Waals surface area contributed by atoms with Gasteiger partial charge >= 0.3 is 11.7 Å². The lowest BCUT2D eigenvalue weighted by atomic mass is 10.1. The molecule has 3 rings (SSSR count). The van der Waals surface area contributed by atoms with E-state index in [9.17, 15) is 14.9 Å². The van der Waals surface area contributed by atoms with Crippen molar-refractivity contribution in [3.63, 3.8) is 0 Å². The van der Waals surface area contributed by atoms with Crippen LogP contribution in [0.2, 0.25) is 0 Å². The van der Waals surface area contributed by atoms with Crippen LogP contribution in [0, 0.1) is 10.1 Å². The molecule has 0 N–H and O–H groups in total. The Morgan fingerprint density at radius 3 is 2.73 bits per heavy atom. The fraction of sp³-hybridized carbons (Fsp3) is 0.125. The van der Waals surface area contributed by atoms with E-state index in [-0.39, 0.29) is 22.9 Å². The van der Waals surface area contributed by atoms with E-state index in [1.807, 2.05) is 0 Å². The zero-order valence-electron chi connectivity index (χ0n) is 13.9. The minimum absolute atomic E-state index is 0.0325. The van der Waals surface area contributed by atoms with Crippen molar-refractivity contribution in [3.8, 4) is 5.82 Å². The topological polar surface area (TPSA) is 116 Å². The zero-order chi connectivity index (χ0) is 18.7. The number of ether oxygens (including phenoxy) is 1. The summed E-state index contributed by atoms with van der Waals surface area (Å²) in [5, 5.41) is 11.7. The summed E-state index contributed by atoms with van der Waals surface area (Å²) in [6.07, 6.45) is 5.65. The molecule has 10 heteroatoms. The Morgan fingerprint density at radius 1 is 1.31 bits per heavy atom. The SMILES string of the molecule is COC(=O)c1ccccc1N(C)c1ncnc(-n2ccnc2)c1[N+](=O)[O-]. The highest BCUT2D eigenvalue weighted by Crippen LogP contribution is 2.35. The van der Waals surface area contributed by atoms with Gasteiger partial charge in [-0.15, -0.1) is 0 Å². The molecule has 0 aliphatic carbocycles. The van der Waals surface area contributed by atoms with E-state index in [1.54, 1.807) is 37.5 Å². The van der Waals surface area contributed by atoms with Crippen LogP contribution >= 0.6 is 0 Å². The summed E-state index contributed by atoms with van der Waals surface area (Å²) in [6, 6.07) is 6.60. The van der Waals surface area contributed by atoms with Crippen molar-refractivity contribution in [3.05, 3.63) is 65.0 Å². The van der Waals surface area contributed by atoms with Crippen molar-refractivity contribution < 1.29 is 14.5 Å². The number of anilines is 2. The van der Waals surface area contributed by atoms with Crippen LogP contribution in [-0.2, 0) is 4.74 Å². The molecule has 0 bridgehead atoms. The maximum absolute atomic E-state index is 12.0. The van der Waals surface area contributed by atoms with Gasteiger partial charge in [0.25, 0.3) is 0 Å². The number of para-hydroxylation sites is 1. The average molecular weight is 354 g/mol. The van der Waals surface area contributed by atoms with E-state index >= 15 is 0 Å². The third kappa shape index (κ3) is 2.95. The number of rotatable bonds is 5. The van der Waals surface area contributed by atoms with Crippen molar-refractivity contribution in [2.75, 3.05) is 19.1 Å². The van der Waals surface area contributed by atoms with E-state index in [4.69, 9.17) is 4.74 Å². The molecule has 0 atom stereocenters. The molecule has 10 nitrogen and oxygen atoms in total. The highest BCUT2D eigenvalue weighted by Gasteiger charge is 2.28. The maximum Gasteiger partial charge on any atom is 0.354 e. The van der Waals surface area contributed by atoms with Crippen molar-refractivity contribution in [1.29, 1.82) is 0 Å². The molecule has 1 aromatic carbocycles. The third-order valence-electron chi connectivity index (χ3n) is 3.70. The van der Waals surface area contributed by atoms with Gasteiger partial charge in [0, 0.05) is 19.4 Å². The van der Waals surface area contributed by atoms with Gasteiger partial charge in [0.05, 0.1) is 23.3 Å². The molecule has 0 saturated heterocycles. The van der Waals surface area contributed by atoms with Crippen LogP contribution in [0.25, 0.3) is 5.82 Å². The molecule has 3 aromatic rings. The monoisotopic (exact) mass is 354 g/mol. The summed E-state index contributed by atoms with van der Waals surface area (Å²) < 4.78 is 6.20. The first-order valence-electron chi connectivity index (χ1n) is 7.43. The Morgan fingerprint density at radius 2 is 2.08 bits per heavy atom. The van der Waals surface area contributed by atoms with Crippen LogP contribution < -0.4 is 4.90 Å². The molecule has 0 unspecified atom stereocenters. The van der Waals surface area contributed by atoms with Crippen molar-refractivity contribution in [2.45, 2.75) is 0 Å². The summed E-state index contributed by atoms with van der Waals surface area (Å²) in [6.45, 7) is 0. The number of esters is 1. The normalized spacial score (nSPS) is 10.4. The van der Waals surface area contributed by atoms with Gasteiger partial charge in [-0.05, 0) is 12.1 Å². The van der Waals surface area contributed by atoms with E-state index in [1.165, 1.54) is 35.4 Å². The summed E-state index contributed by atoms with van der Waals surface area (Å²) in [7, 11) is 2.85. The lowest BCUT2D eigenvalue weighted by Crippen LogP contribution is -2.18. The number of methoxy groups -OCH3 is 1. The van der Waals surface area contributed by atoms with Gasteiger partial charge in [-0.1, -0.05) is 12.1 Å². The van der Waals surface area contributed by atoms with Gasteiger partial charge in [-0.25, -0.2) is 19.7 Å². The predicted molar refractivity (Wildman–Crippen MR) is 91.7 cm³/mol. The minimum atomic E-state index is -0.568. The molecular formula is C16H14N6O4. The van der Waals surface area contributed by atoms with Crippen LogP contribution in [0.1, 0.15) is 10.4 Å². The number of imidazole rings is 1. The predicted octanol–water partition coefficient (Wildman–Crippen LogP) is 2.12. The number of carbonyl (C=O) groups excluding carboxylic acids is 1. The van der Waals surface area contributed by atoms with Crippen LogP contribution in [0.15, 0.2) is 49.3 Å². The molecule has 0 aliphatic heterocycles. The molecule has 0 saturated carbocycles. The quantitative estimate of drug-likeness (QED) is 0.388. The Kier molecular flexibility index (Phi) is 4.56. The maximum atomic E-state index is 12.0. The molecule has 26 heavy (non-hydrogen) atoms. The minimum Gasteiger partial charge on any atom is -0.465 e. The highest BCUT2D eigenvalue weighted by molar-refractivity contribution is 5.97.